The predicted molar refractivity (Wildman–Crippen MR) is 71.7 cm³/mol. The lowest BCUT2D eigenvalue weighted by molar-refractivity contribution is 0.593. The highest BCUT2D eigenvalue weighted by Crippen LogP contribution is 2.26. The van der Waals surface area contributed by atoms with Gasteiger partial charge in [0, 0.05) is 0 Å². The van der Waals surface area contributed by atoms with Gasteiger partial charge < -0.3 is 0 Å². The quantitative estimate of drug-likeness (QED) is 0.910. The van der Waals surface area contributed by atoms with Crippen molar-refractivity contribution >= 4 is 42.4 Å². The number of halogens is 2. The third-order valence-electron chi connectivity index (χ3n) is 2.08. The van der Waals surface area contributed by atoms with Crippen LogP contribution in [-0.2, 0) is 10.0 Å². The molecule has 0 aliphatic carbocycles. The summed E-state index contributed by atoms with van der Waals surface area (Å²) >= 11 is 4.21. The highest BCUT2D eigenvalue weighted by Gasteiger charge is 2.22. The van der Waals surface area contributed by atoms with Gasteiger partial charge in [-0.1, -0.05) is 17.4 Å². The van der Waals surface area contributed by atoms with Crippen LogP contribution >= 0.6 is 27.3 Å². The topological polar surface area (TPSA) is 82.8 Å². The summed E-state index contributed by atoms with van der Waals surface area (Å²) in [5.74, 6) is -0.884. The highest BCUT2D eigenvalue weighted by molar-refractivity contribution is 9.11. The molecular formula is C10H5BrFN3O2S2. The molecule has 0 fully saturated rings. The summed E-state index contributed by atoms with van der Waals surface area (Å²) in [6, 6.07) is 4.95. The molecule has 0 saturated heterocycles. The number of nitriles is 1. The molecule has 0 unspecified atom stereocenters. The molecule has 98 valence electrons. The minimum absolute atomic E-state index is 0.125. The van der Waals surface area contributed by atoms with E-state index in [9.17, 15) is 12.8 Å². The summed E-state index contributed by atoms with van der Waals surface area (Å²) in [6.07, 6.45) is 1.43. The van der Waals surface area contributed by atoms with Crippen molar-refractivity contribution in [3.63, 3.8) is 0 Å². The van der Waals surface area contributed by atoms with E-state index in [1.807, 2.05) is 0 Å². The molecule has 0 atom stereocenters. The Kier molecular flexibility index (Phi) is 3.84. The summed E-state index contributed by atoms with van der Waals surface area (Å²) < 4.78 is 40.4. The number of nitrogens with one attached hydrogen (secondary N) is 1. The molecule has 0 saturated carbocycles. The molecule has 0 radical (unpaired) electrons. The smallest absolute Gasteiger partial charge is 0.255 e. The van der Waals surface area contributed by atoms with E-state index in [0.717, 1.165) is 23.5 Å². The van der Waals surface area contributed by atoms with Crippen molar-refractivity contribution in [1.82, 2.24) is 4.98 Å². The van der Waals surface area contributed by atoms with Crippen LogP contribution in [-0.4, -0.2) is 13.4 Å². The zero-order valence-corrected chi connectivity index (χ0v) is 12.3. The van der Waals surface area contributed by atoms with E-state index in [2.05, 4.69) is 25.6 Å². The van der Waals surface area contributed by atoms with Crippen molar-refractivity contribution in [1.29, 1.82) is 5.26 Å². The Bertz CT molecular complexity index is 767. The van der Waals surface area contributed by atoms with Gasteiger partial charge in [-0.15, -0.1) is 0 Å². The van der Waals surface area contributed by atoms with Crippen LogP contribution in [0.1, 0.15) is 5.56 Å². The Morgan fingerprint density at radius 1 is 1.47 bits per heavy atom. The number of anilines is 1. The van der Waals surface area contributed by atoms with E-state index < -0.39 is 26.3 Å². The fraction of sp³-hybridized carbons (Fsp3) is 0. The number of thiazole rings is 1. The summed E-state index contributed by atoms with van der Waals surface area (Å²) in [5.41, 5.74) is -0.523. The molecule has 5 nitrogen and oxygen atoms in total. The molecule has 0 aliphatic heterocycles. The van der Waals surface area contributed by atoms with Gasteiger partial charge in [0.15, 0.2) is 5.13 Å². The highest BCUT2D eigenvalue weighted by atomic mass is 79.9. The van der Waals surface area contributed by atoms with Gasteiger partial charge >= 0.3 is 0 Å². The molecule has 19 heavy (non-hydrogen) atoms. The van der Waals surface area contributed by atoms with E-state index in [1.54, 1.807) is 6.07 Å². The van der Waals surface area contributed by atoms with Gasteiger partial charge in [0.25, 0.3) is 10.0 Å². The number of rotatable bonds is 3. The summed E-state index contributed by atoms with van der Waals surface area (Å²) in [6.45, 7) is 0. The van der Waals surface area contributed by atoms with Gasteiger partial charge in [-0.3, -0.25) is 4.72 Å². The molecule has 2 rings (SSSR count). The minimum atomic E-state index is -4.05. The van der Waals surface area contributed by atoms with Crippen LogP contribution in [0.15, 0.2) is 33.1 Å². The molecule has 0 bridgehead atoms. The zero-order valence-electron chi connectivity index (χ0n) is 9.09. The van der Waals surface area contributed by atoms with Gasteiger partial charge in [0.2, 0.25) is 0 Å². The molecule has 0 aliphatic rings. The van der Waals surface area contributed by atoms with Crippen molar-refractivity contribution in [3.05, 3.63) is 39.6 Å². The first-order chi connectivity index (χ1) is 8.94. The largest absolute Gasteiger partial charge is 0.265 e. The molecule has 2 aromatic rings. The van der Waals surface area contributed by atoms with Gasteiger partial charge in [-0.25, -0.2) is 17.8 Å². The molecule has 1 aromatic carbocycles. The lowest BCUT2D eigenvalue weighted by atomic mass is 10.2. The van der Waals surface area contributed by atoms with E-state index in [0.29, 0.717) is 3.79 Å². The Morgan fingerprint density at radius 2 is 2.21 bits per heavy atom. The summed E-state index contributed by atoms with van der Waals surface area (Å²) in [7, 11) is -4.05. The first-order valence-electron chi connectivity index (χ1n) is 4.77. The standard InChI is InChI=1S/C10H5BrFN3O2S2/c11-9-5-14-10(18-9)15-19(16,17)8-3-1-2-7(12)6(8)4-13/h1-3,5H,(H,14,15). The molecule has 9 heteroatoms. The van der Waals surface area contributed by atoms with Crippen LogP contribution in [0.3, 0.4) is 0 Å². The molecule has 1 N–H and O–H groups in total. The first kappa shape index (κ1) is 13.9. The second kappa shape index (κ2) is 5.24. The minimum Gasteiger partial charge on any atom is -0.255 e. The third kappa shape index (κ3) is 2.91. The second-order valence-corrected chi connectivity index (χ2v) is 7.36. The molecular weight excluding hydrogens is 357 g/mol. The van der Waals surface area contributed by atoms with Crippen LogP contribution < -0.4 is 4.72 Å². The van der Waals surface area contributed by atoms with E-state index in [1.165, 1.54) is 12.3 Å². The van der Waals surface area contributed by atoms with Crippen LogP contribution in [0.25, 0.3) is 0 Å². The van der Waals surface area contributed by atoms with E-state index in [-0.39, 0.29) is 5.13 Å². The fourth-order valence-electron chi connectivity index (χ4n) is 1.31. The van der Waals surface area contributed by atoms with Crippen LogP contribution in [0.4, 0.5) is 9.52 Å². The Hall–Kier alpha value is -1.50. The van der Waals surface area contributed by atoms with Gasteiger partial charge in [-0.2, -0.15) is 5.26 Å². The maximum absolute atomic E-state index is 13.4. The number of nitrogens with zero attached hydrogens (tertiary/aromatic N) is 2. The number of hydrogen-bond donors (Lipinski definition) is 1. The first-order valence-corrected chi connectivity index (χ1v) is 7.86. The fourth-order valence-corrected chi connectivity index (χ4v) is 3.82. The van der Waals surface area contributed by atoms with Gasteiger partial charge in [0.05, 0.1) is 9.98 Å². The van der Waals surface area contributed by atoms with Crippen molar-refractivity contribution in [2.24, 2.45) is 0 Å². The number of sulfonamides is 1. The summed E-state index contributed by atoms with van der Waals surface area (Å²) in [5, 5.41) is 8.96. The van der Waals surface area contributed by atoms with Crippen LogP contribution in [0.2, 0.25) is 0 Å². The number of hydrogen-bond acceptors (Lipinski definition) is 5. The van der Waals surface area contributed by atoms with Crippen molar-refractivity contribution in [2.75, 3.05) is 4.72 Å². The Balaban J connectivity index is 2.46. The predicted octanol–water partition coefficient (Wildman–Crippen LogP) is 2.72. The van der Waals surface area contributed by atoms with Crippen LogP contribution in [0, 0.1) is 17.1 Å². The monoisotopic (exact) mass is 361 g/mol. The maximum atomic E-state index is 13.4. The van der Waals surface area contributed by atoms with Gasteiger partial charge in [-0.05, 0) is 28.1 Å². The molecule has 0 amide bonds. The lowest BCUT2D eigenvalue weighted by Crippen LogP contribution is -2.14. The maximum Gasteiger partial charge on any atom is 0.265 e. The SMILES string of the molecule is N#Cc1c(F)cccc1S(=O)(=O)Nc1ncc(Br)s1. The Morgan fingerprint density at radius 3 is 2.79 bits per heavy atom. The number of aromatic nitrogens is 1. The zero-order chi connectivity index (χ0) is 14.0. The van der Waals surface area contributed by atoms with Gasteiger partial charge in [0.1, 0.15) is 22.3 Å². The average Bonchev–Trinajstić information content (AvgIpc) is 2.73. The number of benzene rings is 1. The van der Waals surface area contributed by atoms with Crippen molar-refractivity contribution < 1.29 is 12.8 Å². The second-order valence-electron chi connectivity index (χ2n) is 3.30. The van der Waals surface area contributed by atoms with E-state index >= 15 is 0 Å². The molecule has 0 spiro atoms. The lowest BCUT2D eigenvalue weighted by Gasteiger charge is -2.06. The normalized spacial score (nSPS) is 11.0. The summed E-state index contributed by atoms with van der Waals surface area (Å²) in [4.78, 5) is 3.39. The molecule has 1 aromatic heterocycles. The Labute approximate surface area is 120 Å². The molecule has 1 heterocycles. The van der Waals surface area contributed by atoms with E-state index in [4.69, 9.17) is 5.26 Å². The van der Waals surface area contributed by atoms with Crippen LogP contribution in [0.5, 0.6) is 0 Å². The van der Waals surface area contributed by atoms with Crippen molar-refractivity contribution in [2.45, 2.75) is 4.90 Å². The van der Waals surface area contributed by atoms with Crippen molar-refractivity contribution in [3.8, 4) is 6.07 Å². The average molecular weight is 362 g/mol. The third-order valence-corrected chi connectivity index (χ3v) is 4.98.